The molecule has 0 spiro atoms. The van der Waals surface area contributed by atoms with Gasteiger partial charge in [0.1, 0.15) is 0 Å². The Labute approximate surface area is 90.5 Å². The topological polar surface area (TPSA) is 0 Å². The third kappa shape index (κ3) is 1.85. The van der Waals surface area contributed by atoms with Crippen LogP contribution in [0.4, 0.5) is 0 Å². The normalized spacial score (nSPS) is 23.4. The van der Waals surface area contributed by atoms with Crippen molar-refractivity contribution in [2.75, 3.05) is 0 Å². The number of hydrogen-bond donors (Lipinski definition) is 0. The van der Waals surface area contributed by atoms with Gasteiger partial charge in [-0.3, -0.25) is 0 Å². The molecule has 1 rings (SSSR count). The summed E-state index contributed by atoms with van der Waals surface area (Å²) < 4.78 is 0. The van der Waals surface area contributed by atoms with Crippen molar-refractivity contribution in [2.45, 2.75) is 67.7 Å². The summed E-state index contributed by atoms with van der Waals surface area (Å²) in [6.07, 6.45) is 4.24. The smallest absolute Gasteiger partial charge is 0.0215 e. The lowest BCUT2D eigenvalue weighted by Gasteiger charge is -2.44. The van der Waals surface area contributed by atoms with Gasteiger partial charge in [-0.15, -0.1) is 0 Å². The van der Waals surface area contributed by atoms with Gasteiger partial charge in [0.25, 0.3) is 0 Å². The molecule has 0 aliphatic heterocycles. The molecule has 0 aromatic carbocycles. The molecule has 0 radical (unpaired) electrons. The van der Waals surface area contributed by atoms with E-state index < -0.39 is 0 Å². The van der Waals surface area contributed by atoms with Crippen LogP contribution in [0.5, 0.6) is 0 Å². The van der Waals surface area contributed by atoms with E-state index in [1.54, 1.807) is 0 Å². The first-order chi connectivity index (χ1) is 6.15. The molecule has 84 valence electrons. The molecular formula is C14H28. The Bertz CT molecular complexity index is 195. The molecule has 0 nitrogen and oxygen atoms in total. The lowest BCUT2D eigenvalue weighted by molar-refractivity contribution is 0.0453. The molecule has 0 N–H and O–H groups in total. The van der Waals surface area contributed by atoms with Gasteiger partial charge in [0, 0.05) is 0 Å². The van der Waals surface area contributed by atoms with E-state index in [-0.39, 0.29) is 0 Å². The Morgan fingerprint density at radius 2 is 1.43 bits per heavy atom. The van der Waals surface area contributed by atoms with Gasteiger partial charge in [0.15, 0.2) is 0 Å². The van der Waals surface area contributed by atoms with E-state index in [0.717, 1.165) is 5.92 Å². The highest BCUT2D eigenvalue weighted by Gasteiger charge is 2.58. The summed E-state index contributed by atoms with van der Waals surface area (Å²) in [5.41, 5.74) is 1.60. The van der Waals surface area contributed by atoms with Gasteiger partial charge in [-0.2, -0.15) is 0 Å². The zero-order valence-corrected chi connectivity index (χ0v) is 11.2. The zero-order chi connectivity index (χ0) is 11.2. The van der Waals surface area contributed by atoms with E-state index in [0.29, 0.717) is 16.2 Å². The van der Waals surface area contributed by atoms with Gasteiger partial charge in [0.05, 0.1) is 0 Å². The fourth-order valence-electron chi connectivity index (χ4n) is 3.59. The molecule has 14 heavy (non-hydrogen) atoms. The monoisotopic (exact) mass is 196 g/mol. The Morgan fingerprint density at radius 1 is 1.00 bits per heavy atom. The first kappa shape index (κ1) is 12.1. The second-order valence-corrected chi connectivity index (χ2v) is 7.23. The van der Waals surface area contributed by atoms with Crippen LogP contribution < -0.4 is 0 Å². The molecule has 1 atom stereocenters. The van der Waals surface area contributed by atoms with E-state index in [2.05, 4.69) is 48.5 Å². The third-order valence-corrected chi connectivity index (χ3v) is 4.40. The first-order valence-electron chi connectivity index (χ1n) is 6.15. The van der Waals surface area contributed by atoms with Crippen molar-refractivity contribution in [3.8, 4) is 0 Å². The number of rotatable bonds is 2. The molecule has 0 heterocycles. The minimum atomic E-state index is 0.471. The number of hydrogen-bond acceptors (Lipinski definition) is 0. The highest BCUT2D eigenvalue weighted by molar-refractivity contribution is 5.07. The molecule has 1 saturated carbocycles. The van der Waals surface area contributed by atoms with E-state index in [4.69, 9.17) is 0 Å². The second kappa shape index (κ2) is 3.25. The predicted molar refractivity (Wildman–Crippen MR) is 64.4 cm³/mol. The summed E-state index contributed by atoms with van der Waals surface area (Å²) in [5.74, 6) is 0.884. The van der Waals surface area contributed by atoms with Crippen LogP contribution in [0.2, 0.25) is 0 Å². The molecule has 1 fully saturated rings. The van der Waals surface area contributed by atoms with Crippen molar-refractivity contribution in [1.82, 2.24) is 0 Å². The van der Waals surface area contributed by atoms with E-state index in [1.807, 2.05) is 0 Å². The van der Waals surface area contributed by atoms with Crippen LogP contribution in [-0.4, -0.2) is 0 Å². The fraction of sp³-hybridized carbons (Fsp3) is 1.00. The SMILES string of the molecule is CCC(C(C)(C)C)C1(C(C)(C)C)CC1. The van der Waals surface area contributed by atoms with Gasteiger partial charge >= 0.3 is 0 Å². The second-order valence-electron chi connectivity index (χ2n) is 7.23. The van der Waals surface area contributed by atoms with Crippen LogP contribution in [0.25, 0.3) is 0 Å². The lowest BCUT2D eigenvalue weighted by atomic mass is 9.61. The van der Waals surface area contributed by atoms with Crippen LogP contribution in [0.15, 0.2) is 0 Å². The van der Waals surface area contributed by atoms with E-state index >= 15 is 0 Å². The molecule has 0 saturated heterocycles. The van der Waals surface area contributed by atoms with Crippen molar-refractivity contribution in [2.24, 2.45) is 22.2 Å². The average Bonchev–Trinajstić information content (AvgIpc) is 2.64. The Balaban J connectivity index is 2.91. The standard InChI is InChI=1S/C14H28/c1-8-11(12(2,3)4)14(9-10-14)13(5,6)7/h11H,8-10H2,1-7H3. The van der Waals surface area contributed by atoms with Crippen LogP contribution in [0.3, 0.4) is 0 Å². The quantitative estimate of drug-likeness (QED) is 0.590. The van der Waals surface area contributed by atoms with Gasteiger partial charge in [-0.25, -0.2) is 0 Å². The Kier molecular flexibility index (Phi) is 2.80. The highest BCUT2D eigenvalue weighted by Crippen LogP contribution is 2.67. The first-order valence-corrected chi connectivity index (χ1v) is 6.15. The predicted octanol–water partition coefficient (Wildman–Crippen LogP) is 4.89. The highest BCUT2D eigenvalue weighted by atomic mass is 14.6. The summed E-state index contributed by atoms with van der Waals surface area (Å²) in [6.45, 7) is 16.9. The maximum Gasteiger partial charge on any atom is -0.0215 e. The van der Waals surface area contributed by atoms with Gasteiger partial charge in [-0.1, -0.05) is 54.9 Å². The Hall–Kier alpha value is 0. The molecule has 0 heteroatoms. The molecule has 0 aromatic heterocycles. The van der Waals surface area contributed by atoms with Crippen LogP contribution in [-0.2, 0) is 0 Å². The molecule has 0 bridgehead atoms. The van der Waals surface area contributed by atoms with Gasteiger partial charge in [0.2, 0.25) is 0 Å². The van der Waals surface area contributed by atoms with E-state index in [9.17, 15) is 0 Å². The Morgan fingerprint density at radius 3 is 1.50 bits per heavy atom. The summed E-state index contributed by atoms with van der Waals surface area (Å²) in [6, 6.07) is 0. The molecule has 0 amide bonds. The molecule has 0 aromatic rings. The van der Waals surface area contributed by atoms with E-state index in [1.165, 1.54) is 19.3 Å². The van der Waals surface area contributed by atoms with Crippen molar-refractivity contribution in [3.63, 3.8) is 0 Å². The van der Waals surface area contributed by atoms with Crippen molar-refractivity contribution >= 4 is 0 Å². The summed E-state index contributed by atoms with van der Waals surface area (Å²) in [4.78, 5) is 0. The average molecular weight is 196 g/mol. The maximum atomic E-state index is 2.42. The van der Waals surface area contributed by atoms with Crippen molar-refractivity contribution < 1.29 is 0 Å². The summed E-state index contributed by atoms with van der Waals surface area (Å²) in [5, 5.41) is 0. The van der Waals surface area contributed by atoms with Gasteiger partial charge in [-0.05, 0) is 35.0 Å². The third-order valence-electron chi connectivity index (χ3n) is 4.40. The fourth-order valence-corrected chi connectivity index (χ4v) is 3.59. The summed E-state index contributed by atoms with van der Waals surface area (Å²) in [7, 11) is 0. The largest absolute Gasteiger partial charge is 0.0651 e. The van der Waals surface area contributed by atoms with Crippen LogP contribution in [0.1, 0.15) is 67.7 Å². The zero-order valence-electron chi connectivity index (χ0n) is 11.2. The molecular weight excluding hydrogens is 168 g/mol. The molecule has 1 unspecified atom stereocenters. The molecule has 1 aliphatic rings. The lowest BCUT2D eigenvalue weighted by Crippen LogP contribution is -2.37. The summed E-state index contributed by atoms with van der Waals surface area (Å²) >= 11 is 0. The van der Waals surface area contributed by atoms with Crippen molar-refractivity contribution in [1.29, 1.82) is 0 Å². The minimum absolute atomic E-state index is 0.471. The van der Waals surface area contributed by atoms with Crippen LogP contribution >= 0.6 is 0 Å². The van der Waals surface area contributed by atoms with Crippen molar-refractivity contribution in [3.05, 3.63) is 0 Å². The minimum Gasteiger partial charge on any atom is -0.0651 e. The van der Waals surface area contributed by atoms with Gasteiger partial charge < -0.3 is 0 Å². The maximum absolute atomic E-state index is 2.42. The molecule has 1 aliphatic carbocycles. The van der Waals surface area contributed by atoms with Crippen LogP contribution in [0, 0.1) is 22.2 Å².